The second-order valence-electron chi connectivity index (χ2n) is 7.00. The minimum atomic E-state index is -4.53. The predicted molar refractivity (Wildman–Crippen MR) is 108 cm³/mol. The third-order valence-corrected chi connectivity index (χ3v) is 4.91. The fourth-order valence-electron chi connectivity index (χ4n) is 3.38. The van der Waals surface area contributed by atoms with Gasteiger partial charge in [0, 0.05) is 25.8 Å². The zero-order valence-corrected chi connectivity index (χ0v) is 17.2. The van der Waals surface area contributed by atoms with Gasteiger partial charge in [-0.15, -0.1) is 0 Å². The van der Waals surface area contributed by atoms with Crippen LogP contribution >= 0.6 is 0 Å². The van der Waals surface area contributed by atoms with Gasteiger partial charge in [0.2, 0.25) is 6.29 Å². The van der Waals surface area contributed by atoms with E-state index in [1.807, 2.05) is 6.92 Å². The molecule has 2 aromatic rings. The molecule has 0 saturated carbocycles. The number of hydrogen-bond donors (Lipinski definition) is 0. The van der Waals surface area contributed by atoms with E-state index in [0.29, 0.717) is 12.4 Å². The molecule has 1 aliphatic heterocycles. The lowest BCUT2D eigenvalue weighted by Crippen LogP contribution is -2.58. The highest BCUT2D eigenvalue weighted by Gasteiger charge is 2.48. The van der Waals surface area contributed by atoms with Crippen LogP contribution in [0.5, 0.6) is 0 Å². The van der Waals surface area contributed by atoms with Gasteiger partial charge >= 0.3 is 17.9 Å². The average Bonchev–Trinajstić information content (AvgIpc) is 2.75. The molecule has 0 amide bonds. The van der Waals surface area contributed by atoms with Gasteiger partial charge in [-0.2, -0.15) is 17.7 Å². The van der Waals surface area contributed by atoms with E-state index in [-0.39, 0.29) is 24.3 Å². The lowest BCUT2D eigenvalue weighted by molar-refractivity contribution is -0.564. The van der Waals surface area contributed by atoms with Crippen LogP contribution in [0.25, 0.3) is 0 Å². The fourth-order valence-corrected chi connectivity index (χ4v) is 3.38. The average molecular weight is 434 g/mol. The van der Waals surface area contributed by atoms with Gasteiger partial charge in [0.05, 0.1) is 11.8 Å². The summed E-state index contributed by atoms with van der Waals surface area (Å²) in [4.78, 5) is 22.9. The Morgan fingerprint density at radius 2 is 2.06 bits per heavy atom. The number of halogens is 3. The summed E-state index contributed by atoms with van der Waals surface area (Å²) in [5, 5.41) is 3.83. The number of carbonyl (C=O) groups is 1. The number of fused-ring (bicyclic) bond motifs is 1. The predicted octanol–water partition coefficient (Wildman–Crippen LogP) is 4.45. The number of aliphatic imine (C=N–C) groups is 1. The summed E-state index contributed by atoms with van der Waals surface area (Å²) in [6.45, 7) is 3.98. The molecule has 0 radical (unpaired) electrons. The SMILES string of the molecule is CCOC(C)ON=CCCC1(c2cccc(C(F)(F)F)c2)C=Nc2cccc[n+]2C1=O. The number of alkyl halides is 3. The summed E-state index contributed by atoms with van der Waals surface area (Å²) in [6.07, 6.45) is -0.170. The van der Waals surface area contributed by atoms with Gasteiger partial charge in [-0.1, -0.05) is 34.4 Å². The smallest absolute Gasteiger partial charge is 0.364 e. The second-order valence-corrected chi connectivity index (χ2v) is 7.00. The number of oxime groups is 1. The Morgan fingerprint density at radius 3 is 2.81 bits per heavy atom. The minimum absolute atomic E-state index is 0.161. The highest BCUT2D eigenvalue weighted by atomic mass is 19.4. The molecule has 1 aliphatic rings. The number of ether oxygens (including phenoxy) is 1. The highest BCUT2D eigenvalue weighted by Crippen LogP contribution is 2.36. The molecule has 2 atom stereocenters. The molecule has 9 heteroatoms. The van der Waals surface area contributed by atoms with Crippen molar-refractivity contribution in [3.63, 3.8) is 0 Å². The van der Waals surface area contributed by atoms with Gasteiger partial charge in [-0.25, -0.2) is 4.79 Å². The normalized spacial score (nSPS) is 19.5. The van der Waals surface area contributed by atoms with E-state index in [2.05, 4.69) is 10.1 Å². The number of aromatic nitrogens is 1. The van der Waals surface area contributed by atoms with Gasteiger partial charge < -0.3 is 9.57 Å². The third-order valence-electron chi connectivity index (χ3n) is 4.91. The Balaban J connectivity index is 1.93. The molecule has 164 valence electrons. The molecule has 1 aromatic heterocycles. The van der Waals surface area contributed by atoms with Crippen molar-refractivity contribution in [1.82, 2.24) is 0 Å². The topological polar surface area (TPSA) is 64.1 Å². The fraction of sp³-hybridized carbons (Fsp3) is 0.364. The molecular weight excluding hydrogens is 411 g/mol. The van der Waals surface area contributed by atoms with E-state index >= 15 is 0 Å². The number of pyridine rings is 1. The monoisotopic (exact) mass is 434 g/mol. The summed E-state index contributed by atoms with van der Waals surface area (Å²) in [5.41, 5.74) is -1.98. The van der Waals surface area contributed by atoms with Crippen LogP contribution in [0.2, 0.25) is 0 Å². The van der Waals surface area contributed by atoms with Crippen LogP contribution in [0.3, 0.4) is 0 Å². The van der Waals surface area contributed by atoms with E-state index < -0.39 is 23.4 Å². The molecule has 6 nitrogen and oxygen atoms in total. The molecule has 0 N–H and O–H groups in total. The highest BCUT2D eigenvalue weighted by molar-refractivity contribution is 6.03. The maximum atomic E-state index is 13.5. The Bertz CT molecular complexity index is 991. The first-order valence-corrected chi connectivity index (χ1v) is 9.85. The molecule has 2 unspecified atom stereocenters. The van der Waals surface area contributed by atoms with Crippen molar-refractivity contribution in [2.24, 2.45) is 10.1 Å². The third kappa shape index (κ3) is 4.99. The van der Waals surface area contributed by atoms with Crippen LogP contribution in [-0.4, -0.2) is 31.2 Å². The van der Waals surface area contributed by atoms with Gasteiger partial charge in [0.25, 0.3) is 0 Å². The summed E-state index contributed by atoms with van der Waals surface area (Å²) in [7, 11) is 0. The van der Waals surface area contributed by atoms with Crippen molar-refractivity contribution in [3.05, 3.63) is 59.8 Å². The molecule has 0 saturated heterocycles. The zero-order chi connectivity index (χ0) is 22.5. The molecule has 0 spiro atoms. The van der Waals surface area contributed by atoms with Gasteiger partial charge in [-0.3, -0.25) is 0 Å². The molecule has 0 aliphatic carbocycles. The van der Waals surface area contributed by atoms with Crippen molar-refractivity contribution >= 4 is 24.2 Å². The maximum absolute atomic E-state index is 13.5. The van der Waals surface area contributed by atoms with Gasteiger partial charge in [-0.05, 0) is 37.5 Å². The first kappa shape index (κ1) is 22.6. The summed E-state index contributed by atoms with van der Waals surface area (Å²) in [6, 6.07) is 9.86. The Labute approximate surface area is 178 Å². The van der Waals surface area contributed by atoms with Crippen molar-refractivity contribution in [2.75, 3.05) is 6.61 Å². The lowest BCUT2D eigenvalue weighted by Gasteiger charge is -2.27. The summed E-state index contributed by atoms with van der Waals surface area (Å²) >= 11 is 0. The molecule has 2 heterocycles. The molecule has 31 heavy (non-hydrogen) atoms. The second kappa shape index (κ2) is 9.38. The Kier molecular flexibility index (Phi) is 6.84. The van der Waals surface area contributed by atoms with Crippen molar-refractivity contribution in [3.8, 4) is 0 Å². The van der Waals surface area contributed by atoms with Crippen molar-refractivity contribution < 1.29 is 32.1 Å². The van der Waals surface area contributed by atoms with Crippen LogP contribution in [-0.2, 0) is 21.2 Å². The Hall–Kier alpha value is -3.07. The lowest BCUT2D eigenvalue weighted by atomic mass is 9.75. The van der Waals surface area contributed by atoms with Gasteiger partial charge in [0.15, 0.2) is 5.41 Å². The number of hydrogen-bond acceptors (Lipinski definition) is 5. The molecule has 0 bridgehead atoms. The van der Waals surface area contributed by atoms with Crippen LogP contribution in [0, 0.1) is 0 Å². The van der Waals surface area contributed by atoms with Gasteiger partial charge in [0.1, 0.15) is 6.21 Å². The number of nitrogens with zero attached hydrogens (tertiary/aromatic N) is 3. The first-order chi connectivity index (χ1) is 14.8. The summed E-state index contributed by atoms with van der Waals surface area (Å²) < 4.78 is 46.5. The quantitative estimate of drug-likeness (QED) is 0.267. The summed E-state index contributed by atoms with van der Waals surface area (Å²) in [5.74, 6) is 0.0343. The van der Waals surface area contributed by atoms with E-state index in [4.69, 9.17) is 9.57 Å². The number of benzene rings is 1. The van der Waals surface area contributed by atoms with E-state index in [1.54, 1.807) is 31.3 Å². The molecule has 1 aromatic carbocycles. The standard InChI is InChI=1S/C22H23F3N3O3/c1-3-30-16(2)31-27-12-7-11-21(17-8-6-9-18(14-17)22(23,24)25)15-26-19-10-4-5-13-28(19)20(21)29/h4-6,8-10,12-16H,3,7,11H2,1-2H3/q+1. The largest absolute Gasteiger partial charge is 0.416 e. The van der Waals surface area contributed by atoms with Crippen LogP contribution in [0.15, 0.2) is 58.8 Å². The Morgan fingerprint density at radius 1 is 1.26 bits per heavy atom. The number of carbonyl (C=O) groups excluding carboxylic acids is 1. The van der Waals surface area contributed by atoms with E-state index in [9.17, 15) is 18.0 Å². The maximum Gasteiger partial charge on any atom is 0.416 e. The first-order valence-electron chi connectivity index (χ1n) is 9.85. The molecule has 3 rings (SSSR count). The van der Waals surface area contributed by atoms with Crippen LogP contribution in [0.4, 0.5) is 19.0 Å². The molecular formula is C22H23F3N3O3+. The van der Waals surface area contributed by atoms with E-state index in [1.165, 1.54) is 29.1 Å². The zero-order valence-electron chi connectivity index (χ0n) is 17.2. The van der Waals surface area contributed by atoms with Crippen LogP contribution < -0.4 is 4.57 Å². The van der Waals surface area contributed by atoms with Crippen molar-refractivity contribution in [2.45, 2.75) is 44.6 Å². The van der Waals surface area contributed by atoms with Crippen LogP contribution in [0.1, 0.15) is 42.6 Å². The molecule has 0 fully saturated rings. The minimum Gasteiger partial charge on any atom is -0.364 e. The number of rotatable bonds is 8. The van der Waals surface area contributed by atoms with E-state index in [0.717, 1.165) is 12.1 Å². The van der Waals surface area contributed by atoms with Crippen molar-refractivity contribution in [1.29, 1.82) is 0 Å².